The maximum absolute atomic E-state index is 12.3. The Bertz CT molecular complexity index is 877. The first-order valence-corrected chi connectivity index (χ1v) is 9.61. The van der Waals surface area contributed by atoms with Gasteiger partial charge in [-0.25, -0.2) is 4.98 Å². The number of nitrogens with one attached hydrogen (secondary N) is 1. The zero-order valence-electron chi connectivity index (χ0n) is 15.6. The molecule has 3 aromatic rings. The van der Waals surface area contributed by atoms with Gasteiger partial charge in [0.1, 0.15) is 11.3 Å². The topological polar surface area (TPSA) is 67.6 Å². The number of likely N-dealkylation sites (N-methyl/N-ethyl adjacent to an activating group) is 1. The molecule has 0 bridgehead atoms. The van der Waals surface area contributed by atoms with E-state index in [9.17, 15) is 4.79 Å². The van der Waals surface area contributed by atoms with E-state index >= 15 is 0 Å². The van der Waals surface area contributed by atoms with E-state index in [1.54, 1.807) is 7.11 Å². The molecule has 1 unspecified atom stereocenters. The van der Waals surface area contributed by atoms with Gasteiger partial charge < -0.3 is 19.4 Å². The molecule has 0 radical (unpaired) electrons. The Kier molecular flexibility index (Phi) is 6.36. The molecule has 0 aliphatic rings. The van der Waals surface area contributed by atoms with Gasteiger partial charge in [0.05, 0.1) is 18.9 Å². The number of rotatable bonds is 8. The number of thioether (sulfide) groups is 1. The van der Waals surface area contributed by atoms with Gasteiger partial charge in [0.25, 0.3) is 5.22 Å². The van der Waals surface area contributed by atoms with Crippen LogP contribution in [0.1, 0.15) is 11.6 Å². The number of methoxy groups -OCH3 is 1. The van der Waals surface area contributed by atoms with Crippen LogP contribution in [0.25, 0.3) is 11.1 Å². The van der Waals surface area contributed by atoms with Gasteiger partial charge in [-0.2, -0.15) is 0 Å². The van der Waals surface area contributed by atoms with Gasteiger partial charge in [-0.15, -0.1) is 0 Å². The molecule has 0 spiro atoms. The number of oxazole rings is 1. The first-order chi connectivity index (χ1) is 13.1. The lowest BCUT2D eigenvalue weighted by atomic mass is 10.1. The number of para-hydroxylation sites is 2. The molecule has 0 aliphatic heterocycles. The molecule has 1 amide bonds. The average Bonchev–Trinajstić information content (AvgIpc) is 3.09. The third-order valence-electron chi connectivity index (χ3n) is 4.20. The Morgan fingerprint density at radius 3 is 2.81 bits per heavy atom. The van der Waals surface area contributed by atoms with E-state index in [2.05, 4.69) is 15.2 Å². The summed E-state index contributed by atoms with van der Waals surface area (Å²) in [5.74, 6) is 1.000. The zero-order chi connectivity index (χ0) is 19.2. The minimum atomic E-state index is -0.0583. The van der Waals surface area contributed by atoms with Crippen molar-refractivity contribution in [2.75, 3.05) is 33.5 Å². The molecule has 0 fully saturated rings. The fourth-order valence-electron chi connectivity index (χ4n) is 2.75. The van der Waals surface area contributed by atoms with Crippen LogP contribution in [-0.4, -0.2) is 49.3 Å². The van der Waals surface area contributed by atoms with Crippen LogP contribution >= 0.6 is 11.8 Å². The van der Waals surface area contributed by atoms with E-state index in [0.717, 1.165) is 22.4 Å². The predicted octanol–water partition coefficient (Wildman–Crippen LogP) is 3.35. The van der Waals surface area contributed by atoms with Crippen LogP contribution in [0.3, 0.4) is 0 Å². The standard InChI is InChI=1S/C20H23N3O3S/c1-23(2)17(14-7-6-8-15(11-14)25-3)12-21-19(24)13-27-20-22-16-9-4-5-10-18(16)26-20/h4-11,17H,12-13H2,1-3H3,(H,21,24). The summed E-state index contributed by atoms with van der Waals surface area (Å²) in [6.07, 6.45) is 0. The summed E-state index contributed by atoms with van der Waals surface area (Å²) < 4.78 is 10.9. The van der Waals surface area contributed by atoms with Crippen molar-refractivity contribution in [3.05, 3.63) is 54.1 Å². The van der Waals surface area contributed by atoms with Crippen molar-refractivity contribution in [2.24, 2.45) is 0 Å². The summed E-state index contributed by atoms with van der Waals surface area (Å²) >= 11 is 1.29. The smallest absolute Gasteiger partial charge is 0.257 e. The second-order valence-electron chi connectivity index (χ2n) is 6.30. The van der Waals surface area contributed by atoms with Crippen LogP contribution in [0.4, 0.5) is 0 Å². The van der Waals surface area contributed by atoms with Crippen molar-refractivity contribution in [3.8, 4) is 5.75 Å². The van der Waals surface area contributed by atoms with Gasteiger partial charge in [-0.05, 0) is 43.9 Å². The lowest BCUT2D eigenvalue weighted by Gasteiger charge is -2.25. The average molecular weight is 385 g/mol. The second kappa shape index (κ2) is 8.92. The third-order valence-corrected chi connectivity index (χ3v) is 5.02. The number of ether oxygens (including phenoxy) is 1. The van der Waals surface area contributed by atoms with Gasteiger partial charge >= 0.3 is 0 Å². The summed E-state index contributed by atoms with van der Waals surface area (Å²) in [5, 5.41) is 3.50. The number of amides is 1. The molecule has 1 atom stereocenters. The molecule has 1 heterocycles. The highest BCUT2D eigenvalue weighted by molar-refractivity contribution is 7.99. The van der Waals surface area contributed by atoms with Crippen LogP contribution in [0.5, 0.6) is 5.75 Å². The van der Waals surface area contributed by atoms with Crippen LogP contribution in [0, 0.1) is 0 Å². The molecule has 1 aromatic heterocycles. The Labute approximate surface area is 162 Å². The molecule has 0 saturated carbocycles. The molecule has 7 heteroatoms. The molecule has 142 valence electrons. The largest absolute Gasteiger partial charge is 0.497 e. The highest BCUT2D eigenvalue weighted by Crippen LogP contribution is 2.24. The number of benzene rings is 2. The van der Waals surface area contributed by atoms with Crippen LogP contribution in [0.15, 0.2) is 58.2 Å². The number of aromatic nitrogens is 1. The minimum Gasteiger partial charge on any atom is -0.497 e. The van der Waals surface area contributed by atoms with Crippen molar-refractivity contribution in [1.82, 2.24) is 15.2 Å². The van der Waals surface area contributed by atoms with Crippen molar-refractivity contribution >= 4 is 28.8 Å². The van der Waals surface area contributed by atoms with E-state index in [1.807, 2.05) is 62.6 Å². The zero-order valence-corrected chi connectivity index (χ0v) is 16.5. The van der Waals surface area contributed by atoms with Crippen LogP contribution < -0.4 is 10.1 Å². The van der Waals surface area contributed by atoms with Gasteiger partial charge in [-0.3, -0.25) is 4.79 Å². The number of hydrogen-bond donors (Lipinski definition) is 1. The molecule has 6 nitrogen and oxygen atoms in total. The van der Waals surface area contributed by atoms with E-state index in [-0.39, 0.29) is 17.7 Å². The highest BCUT2D eigenvalue weighted by atomic mass is 32.2. The van der Waals surface area contributed by atoms with Crippen LogP contribution in [-0.2, 0) is 4.79 Å². The summed E-state index contributed by atoms with van der Waals surface area (Å²) in [6, 6.07) is 15.5. The first kappa shape index (κ1) is 19.3. The van der Waals surface area contributed by atoms with Gasteiger partial charge in [0.15, 0.2) is 5.58 Å². The monoisotopic (exact) mass is 385 g/mol. The minimum absolute atomic E-state index is 0.0541. The number of carbonyl (C=O) groups is 1. The quantitative estimate of drug-likeness (QED) is 0.600. The lowest BCUT2D eigenvalue weighted by molar-refractivity contribution is -0.118. The summed E-state index contributed by atoms with van der Waals surface area (Å²) in [7, 11) is 5.63. The second-order valence-corrected chi connectivity index (χ2v) is 7.22. The van der Waals surface area contributed by atoms with E-state index in [4.69, 9.17) is 9.15 Å². The molecule has 0 aliphatic carbocycles. The van der Waals surface area contributed by atoms with Gasteiger partial charge in [-0.1, -0.05) is 36.0 Å². The van der Waals surface area contributed by atoms with Gasteiger partial charge in [0, 0.05) is 6.54 Å². The van der Waals surface area contributed by atoms with Crippen molar-refractivity contribution in [1.29, 1.82) is 0 Å². The normalized spacial score (nSPS) is 12.3. The molecular formula is C20H23N3O3S. The first-order valence-electron chi connectivity index (χ1n) is 8.62. The maximum atomic E-state index is 12.3. The molecule has 1 N–H and O–H groups in total. The molecule has 3 rings (SSSR count). The number of carbonyl (C=O) groups excluding carboxylic acids is 1. The Balaban J connectivity index is 1.55. The number of hydrogen-bond acceptors (Lipinski definition) is 6. The highest BCUT2D eigenvalue weighted by Gasteiger charge is 2.16. The molecular weight excluding hydrogens is 362 g/mol. The van der Waals surface area contributed by atoms with Crippen molar-refractivity contribution in [2.45, 2.75) is 11.3 Å². The van der Waals surface area contributed by atoms with Crippen LogP contribution in [0.2, 0.25) is 0 Å². The number of nitrogens with zero attached hydrogens (tertiary/aromatic N) is 2. The molecule has 2 aromatic carbocycles. The Morgan fingerprint density at radius 2 is 2.07 bits per heavy atom. The maximum Gasteiger partial charge on any atom is 0.257 e. The molecule has 27 heavy (non-hydrogen) atoms. The fraction of sp³-hybridized carbons (Fsp3) is 0.300. The Hall–Kier alpha value is -2.51. The molecule has 0 saturated heterocycles. The van der Waals surface area contributed by atoms with Gasteiger partial charge in [0.2, 0.25) is 5.91 Å². The SMILES string of the molecule is COc1cccc(C(CNC(=O)CSc2nc3ccccc3o2)N(C)C)c1. The van der Waals surface area contributed by atoms with E-state index in [0.29, 0.717) is 11.8 Å². The lowest BCUT2D eigenvalue weighted by Crippen LogP contribution is -2.35. The predicted molar refractivity (Wildman–Crippen MR) is 107 cm³/mol. The Morgan fingerprint density at radius 1 is 1.26 bits per heavy atom. The van der Waals surface area contributed by atoms with Crippen molar-refractivity contribution < 1.29 is 13.9 Å². The summed E-state index contributed by atoms with van der Waals surface area (Å²) in [5.41, 5.74) is 2.61. The number of fused-ring (bicyclic) bond motifs is 1. The van der Waals surface area contributed by atoms with E-state index < -0.39 is 0 Å². The third kappa shape index (κ3) is 5.02. The fourth-order valence-corrected chi connectivity index (χ4v) is 3.42. The summed E-state index contributed by atoms with van der Waals surface area (Å²) in [6.45, 7) is 0.507. The van der Waals surface area contributed by atoms with Crippen molar-refractivity contribution in [3.63, 3.8) is 0 Å². The summed E-state index contributed by atoms with van der Waals surface area (Å²) in [4.78, 5) is 18.7. The van der Waals surface area contributed by atoms with E-state index in [1.165, 1.54) is 11.8 Å².